The zero-order chi connectivity index (χ0) is 18.0. The normalized spacial score (nSPS) is 29.8. The summed E-state index contributed by atoms with van der Waals surface area (Å²) >= 11 is 5.90. The topological polar surface area (TPSA) is 77.2 Å². The Labute approximate surface area is 155 Å². The predicted molar refractivity (Wildman–Crippen MR) is 99.3 cm³/mol. The largest absolute Gasteiger partial charge is 0.327 e. The predicted octanol–water partition coefficient (Wildman–Crippen LogP) is 3.76. The van der Waals surface area contributed by atoms with E-state index in [9.17, 15) is 13.2 Å². The van der Waals surface area contributed by atoms with Crippen LogP contribution in [0.3, 0.4) is 0 Å². The molecule has 0 saturated heterocycles. The Morgan fingerprint density at radius 1 is 1.20 bits per heavy atom. The molecule has 0 spiro atoms. The SMILES string of the molecule is N[C@H]1CCCC[C@H]1C(=O)CCC1CC(S(=O)(=O)c2cccc(Cl)c2)C1. The minimum atomic E-state index is -3.31. The number of halogens is 1. The van der Waals surface area contributed by atoms with Crippen molar-refractivity contribution >= 4 is 27.2 Å². The van der Waals surface area contributed by atoms with E-state index in [1.54, 1.807) is 18.2 Å². The van der Waals surface area contributed by atoms with Crippen LogP contribution in [0.25, 0.3) is 0 Å². The standard InChI is InChI=1S/C19H26ClNO3S/c20-14-4-3-5-15(12-14)25(23,24)16-10-13(11-16)8-9-19(22)17-6-1-2-7-18(17)21/h3-5,12-13,16-18H,1-2,6-11,21H2/t13?,16?,17-,18+/m1/s1. The molecule has 0 bridgehead atoms. The lowest BCUT2D eigenvalue weighted by Crippen LogP contribution is -2.39. The number of carbonyl (C=O) groups is 1. The van der Waals surface area contributed by atoms with Gasteiger partial charge in [-0.15, -0.1) is 0 Å². The number of ketones is 1. The molecule has 1 aromatic carbocycles. The first-order chi connectivity index (χ1) is 11.9. The zero-order valence-electron chi connectivity index (χ0n) is 14.4. The van der Waals surface area contributed by atoms with E-state index in [4.69, 9.17) is 17.3 Å². The molecule has 0 aromatic heterocycles. The first kappa shape index (κ1) is 18.9. The molecule has 0 aliphatic heterocycles. The Balaban J connectivity index is 1.48. The van der Waals surface area contributed by atoms with Gasteiger partial charge in [-0.1, -0.05) is 30.5 Å². The average Bonchev–Trinajstić information content (AvgIpc) is 2.53. The second kappa shape index (κ2) is 7.77. The summed E-state index contributed by atoms with van der Waals surface area (Å²) < 4.78 is 25.2. The maximum atomic E-state index is 12.6. The number of sulfone groups is 1. The van der Waals surface area contributed by atoms with Gasteiger partial charge in [0.2, 0.25) is 0 Å². The summed E-state index contributed by atoms with van der Waals surface area (Å²) in [5, 5.41) is 0.0920. The van der Waals surface area contributed by atoms with Crippen LogP contribution in [0.4, 0.5) is 0 Å². The van der Waals surface area contributed by atoms with Crippen LogP contribution in [0.2, 0.25) is 5.02 Å². The maximum absolute atomic E-state index is 12.6. The van der Waals surface area contributed by atoms with Crippen molar-refractivity contribution in [1.29, 1.82) is 0 Å². The Morgan fingerprint density at radius 2 is 1.92 bits per heavy atom. The van der Waals surface area contributed by atoms with Crippen molar-refractivity contribution in [3.05, 3.63) is 29.3 Å². The fourth-order valence-electron chi connectivity index (χ4n) is 4.09. The number of nitrogens with two attached hydrogens (primary N) is 1. The number of rotatable bonds is 6. The summed E-state index contributed by atoms with van der Waals surface area (Å²) in [4.78, 5) is 12.7. The number of hydrogen-bond acceptors (Lipinski definition) is 4. The van der Waals surface area contributed by atoms with Gasteiger partial charge in [-0.2, -0.15) is 0 Å². The van der Waals surface area contributed by atoms with Gasteiger partial charge < -0.3 is 5.73 Å². The molecule has 6 heteroatoms. The quantitative estimate of drug-likeness (QED) is 0.811. The molecular formula is C19H26ClNO3S. The molecule has 25 heavy (non-hydrogen) atoms. The molecule has 1 aromatic rings. The fraction of sp³-hybridized carbons (Fsp3) is 0.632. The van der Waals surface area contributed by atoms with E-state index in [2.05, 4.69) is 0 Å². The van der Waals surface area contributed by atoms with Crippen LogP contribution in [0.15, 0.2) is 29.2 Å². The highest BCUT2D eigenvalue weighted by Crippen LogP contribution is 2.39. The summed E-state index contributed by atoms with van der Waals surface area (Å²) in [5.41, 5.74) is 6.08. The van der Waals surface area contributed by atoms with Crippen molar-refractivity contribution in [2.24, 2.45) is 17.6 Å². The molecule has 0 radical (unpaired) electrons. The monoisotopic (exact) mass is 383 g/mol. The van der Waals surface area contributed by atoms with Gasteiger partial charge in [0.25, 0.3) is 0 Å². The fourth-order valence-corrected chi connectivity index (χ4v) is 6.34. The van der Waals surface area contributed by atoms with E-state index in [1.165, 1.54) is 6.07 Å². The molecule has 2 N–H and O–H groups in total. The molecule has 2 atom stereocenters. The van der Waals surface area contributed by atoms with Crippen LogP contribution in [-0.4, -0.2) is 25.5 Å². The highest BCUT2D eigenvalue weighted by Gasteiger charge is 2.40. The molecule has 0 unspecified atom stereocenters. The Bertz CT molecular complexity index is 728. The summed E-state index contributed by atoms with van der Waals surface area (Å²) in [6, 6.07) is 6.46. The van der Waals surface area contributed by atoms with Crippen LogP contribution in [0.1, 0.15) is 51.4 Å². The van der Waals surface area contributed by atoms with Gasteiger partial charge in [-0.25, -0.2) is 8.42 Å². The lowest BCUT2D eigenvalue weighted by Gasteiger charge is -2.35. The smallest absolute Gasteiger partial charge is 0.181 e. The highest BCUT2D eigenvalue weighted by atomic mass is 35.5. The molecular weight excluding hydrogens is 358 g/mol. The van der Waals surface area contributed by atoms with Crippen LogP contribution in [-0.2, 0) is 14.6 Å². The number of benzene rings is 1. The van der Waals surface area contributed by atoms with Gasteiger partial charge in [0.05, 0.1) is 10.1 Å². The lowest BCUT2D eigenvalue weighted by atomic mass is 9.77. The third-order valence-electron chi connectivity index (χ3n) is 5.79. The summed E-state index contributed by atoms with van der Waals surface area (Å²) in [5.74, 6) is 0.607. The van der Waals surface area contributed by atoms with Gasteiger partial charge in [0, 0.05) is 23.4 Å². The first-order valence-corrected chi connectivity index (χ1v) is 11.1. The van der Waals surface area contributed by atoms with E-state index >= 15 is 0 Å². The van der Waals surface area contributed by atoms with Gasteiger partial charge in [0.15, 0.2) is 9.84 Å². The number of Topliss-reactive ketones (excluding diaryl/α,β-unsaturated/α-hetero) is 1. The number of hydrogen-bond donors (Lipinski definition) is 1. The zero-order valence-corrected chi connectivity index (χ0v) is 15.9. The summed E-state index contributed by atoms with van der Waals surface area (Å²) in [6.07, 6.45) is 6.66. The minimum absolute atomic E-state index is 0.0126. The minimum Gasteiger partial charge on any atom is -0.327 e. The molecule has 138 valence electrons. The van der Waals surface area contributed by atoms with E-state index < -0.39 is 9.84 Å². The first-order valence-electron chi connectivity index (χ1n) is 9.15. The molecule has 4 nitrogen and oxygen atoms in total. The van der Waals surface area contributed by atoms with Crippen LogP contribution in [0, 0.1) is 11.8 Å². The maximum Gasteiger partial charge on any atom is 0.181 e. The van der Waals surface area contributed by atoms with Crippen molar-refractivity contribution in [1.82, 2.24) is 0 Å². The van der Waals surface area contributed by atoms with Crippen molar-refractivity contribution in [3.63, 3.8) is 0 Å². The van der Waals surface area contributed by atoms with Gasteiger partial charge in [-0.3, -0.25) is 4.79 Å². The molecule has 2 fully saturated rings. The second-order valence-corrected chi connectivity index (χ2v) is 10.2. The Kier molecular flexibility index (Phi) is 5.86. The van der Waals surface area contributed by atoms with Crippen molar-refractivity contribution in [2.45, 2.75) is 67.6 Å². The average molecular weight is 384 g/mol. The van der Waals surface area contributed by atoms with E-state index in [-0.39, 0.29) is 23.0 Å². The second-order valence-electron chi connectivity index (χ2n) is 7.52. The highest BCUT2D eigenvalue weighted by molar-refractivity contribution is 7.92. The lowest BCUT2D eigenvalue weighted by molar-refractivity contribution is -0.124. The third kappa shape index (κ3) is 4.26. The van der Waals surface area contributed by atoms with Crippen molar-refractivity contribution in [3.8, 4) is 0 Å². The van der Waals surface area contributed by atoms with Crippen LogP contribution < -0.4 is 5.73 Å². The number of carbonyl (C=O) groups excluding carboxylic acids is 1. The molecule has 0 amide bonds. The molecule has 0 heterocycles. The third-order valence-corrected chi connectivity index (χ3v) is 8.20. The van der Waals surface area contributed by atoms with Gasteiger partial charge in [0.1, 0.15) is 5.78 Å². The van der Waals surface area contributed by atoms with Crippen molar-refractivity contribution < 1.29 is 13.2 Å². The van der Waals surface area contributed by atoms with Gasteiger partial charge in [-0.05, 0) is 56.2 Å². The summed E-state index contributed by atoms with van der Waals surface area (Å²) in [6.45, 7) is 0. The van der Waals surface area contributed by atoms with E-state index in [0.717, 1.165) is 32.1 Å². The van der Waals surface area contributed by atoms with E-state index in [1.807, 2.05) is 0 Å². The van der Waals surface area contributed by atoms with E-state index in [0.29, 0.717) is 35.1 Å². The summed E-state index contributed by atoms with van der Waals surface area (Å²) in [7, 11) is -3.31. The van der Waals surface area contributed by atoms with Crippen LogP contribution in [0.5, 0.6) is 0 Å². The Morgan fingerprint density at radius 3 is 2.60 bits per heavy atom. The van der Waals surface area contributed by atoms with Gasteiger partial charge >= 0.3 is 0 Å². The molecule has 2 aliphatic carbocycles. The molecule has 2 aliphatic rings. The molecule has 3 rings (SSSR count). The Hall–Kier alpha value is -0.910. The van der Waals surface area contributed by atoms with Crippen molar-refractivity contribution in [2.75, 3.05) is 0 Å². The molecule has 2 saturated carbocycles. The van der Waals surface area contributed by atoms with Crippen LogP contribution >= 0.6 is 11.6 Å².